The molecule has 0 spiro atoms. The van der Waals surface area contributed by atoms with Gasteiger partial charge in [0.2, 0.25) is 11.2 Å². The van der Waals surface area contributed by atoms with Crippen molar-refractivity contribution in [2.75, 3.05) is 0 Å². The highest BCUT2D eigenvalue weighted by atomic mass is 19.1. The fraction of sp³-hybridized carbons (Fsp3) is 0.538. The van der Waals surface area contributed by atoms with Gasteiger partial charge in [0.25, 0.3) is 0 Å². The minimum absolute atomic E-state index is 0.202. The van der Waals surface area contributed by atoms with E-state index in [0.29, 0.717) is 12.0 Å². The van der Waals surface area contributed by atoms with E-state index in [2.05, 4.69) is 4.98 Å². The van der Waals surface area contributed by atoms with Gasteiger partial charge in [-0.2, -0.15) is 0 Å². The lowest BCUT2D eigenvalue weighted by atomic mass is 10.0. The van der Waals surface area contributed by atoms with E-state index < -0.39 is 29.5 Å². The summed E-state index contributed by atoms with van der Waals surface area (Å²) in [6.07, 6.45) is 1.45. The van der Waals surface area contributed by atoms with Crippen LogP contribution in [0, 0.1) is 11.8 Å². The number of nitrogens with one attached hydrogen (secondary N) is 1. The summed E-state index contributed by atoms with van der Waals surface area (Å²) in [7, 11) is 0. The molecule has 0 aliphatic heterocycles. The highest BCUT2D eigenvalue weighted by Gasteiger charge is 2.78. The van der Waals surface area contributed by atoms with Crippen LogP contribution in [0.25, 0.3) is 0 Å². The van der Waals surface area contributed by atoms with Gasteiger partial charge in [0, 0.05) is 30.1 Å². The van der Waals surface area contributed by atoms with Crippen molar-refractivity contribution < 1.29 is 19.0 Å². The highest BCUT2D eigenvalue weighted by molar-refractivity contribution is 5.83. The van der Waals surface area contributed by atoms with Crippen molar-refractivity contribution in [1.82, 2.24) is 4.98 Å². The SMILES string of the molecule is N[C@@H]1[C@H]2[C@@H](C[C@H]1OCc1cc[nH]c(=O)c1)[C@]2(F)C(=O)O. The van der Waals surface area contributed by atoms with E-state index >= 15 is 0 Å². The maximum Gasteiger partial charge on any atom is 0.342 e. The maximum absolute atomic E-state index is 14.0. The summed E-state index contributed by atoms with van der Waals surface area (Å²) < 4.78 is 19.6. The number of carboxylic acids is 1. The number of carboxylic acid groups (broad SMARTS) is 1. The summed E-state index contributed by atoms with van der Waals surface area (Å²) >= 11 is 0. The van der Waals surface area contributed by atoms with Crippen molar-refractivity contribution in [2.45, 2.75) is 30.8 Å². The first-order chi connectivity index (χ1) is 9.44. The first-order valence-corrected chi connectivity index (χ1v) is 6.41. The summed E-state index contributed by atoms with van der Waals surface area (Å²) in [6.45, 7) is 0.202. The van der Waals surface area contributed by atoms with Gasteiger partial charge in [0.15, 0.2) is 0 Å². The molecule has 3 rings (SSSR count). The monoisotopic (exact) mass is 282 g/mol. The molecule has 2 aliphatic carbocycles. The van der Waals surface area contributed by atoms with Gasteiger partial charge in [0.1, 0.15) is 0 Å². The van der Waals surface area contributed by atoms with Gasteiger partial charge >= 0.3 is 5.97 Å². The van der Waals surface area contributed by atoms with E-state index in [1.165, 1.54) is 12.3 Å². The molecule has 108 valence electrons. The molecule has 0 unspecified atom stereocenters. The Morgan fingerprint density at radius 3 is 2.95 bits per heavy atom. The second-order valence-corrected chi connectivity index (χ2v) is 5.43. The largest absolute Gasteiger partial charge is 0.479 e. The third kappa shape index (κ3) is 1.85. The molecule has 1 aromatic heterocycles. The zero-order chi connectivity index (χ0) is 14.5. The van der Waals surface area contributed by atoms with Gasteiger partial charge in [-0.1, -0.05) is 0 Å². The minimum atomic E-state index is -2.18. The lowest BCUT2D eigenvalue weighted by molar-refractivity contribution is -0.147. The van der Waals surface area contributed by atoms with Crippen LogP contribution in [0.15, 0.2) is 23.1 Å². The van der Waals surface area contributed by atoms with Gasteiger partial charge in [-0.05, 0) is 18.1 Å². The number of aliphatic carboxylic acids is 1. The molecule has 4 N–H and O–H groups in total. The molecule has 0 amide bonds. The number of alkyl halides is 1. The number of halogens is 1. The second kappa shape index (κ2) is 4.39. The number of ether oxygens (including phenoxy) is 1. The van der Waals surface area contributed by atoms with Crippen LogP contribution >= 0.6 is 0 Å². The predicted molar refractivity (Wildman–Crippen MR) is 66.7 cm³/mol. The smallest absolute Gasteiger partial charge is 0.342 e. The summed E-state index contributed by atoms with van der Waals surface area (Å²) in [5, 5.41) is 8.85. The molecule has 1 heterocycles. The number of aromatic amines is 1. The van der Waals surface area contributed by atoms with Crippen molar-refractivity contribution >= 4 is 5.97 Å². The van der Waals surface area contributed by atoms with Crippen molar-refractivity contribution in [3.8, 4) is 0 Å². The average Bonchev–Trinajstić information content (AvgIpc) is 2.84. The molecule has 0 saturated heterocycles. The second-order valence-electron chi connectivity index (χ2n) is 5.43. The Hall–Kier alpha value is -1.73. The number of hydrogen-bond acceptors (Lipinski definition) is 4. The van der Waals surface area contributed by atoms with Crippen molar-refractivity contribution in [3.63, 3.8) is 0 Å². The van der Waals surface area contributed by atoms with Crippen LogP contribution in [0.1, 0.15) is 12.0 Å². The molecule has 5 atom stereocenters. The standard InChI is InChI=1S/C13H15FN2O4/c14-13(12(18)19)7-4-8(11(15)10(7)13)20-5-6-1-2-16-9(17)3-6/h1-3,7-8,10-11H,4-5,15H2,(H,16,17)(H,18,19)/t7-,8-,10-,11+,13-/m1/s1. The van der Waals surface area contributed by atoms with Crippen molar-refractivity contribution in [3.05, 3.63) is 34.2 Å². The van der Waals surface area contributed by atoms with Crippen LogP contribution in [0.5, 0.6) is 0 Å². The molecule has 2 saturated carbocycles. The summed E-state index contributed by atoms with van der Waals surface area (Å²) in [4.78, 5) is 24.5. The van der Waals surface area contributed by atoms with E-state index in [0.717, 1.165) is 0 Å². The van der Waals surface area contributed by atoms with Crippen LogP contribution in [0.2, 0.25) is 0 Å². The molecular weight excluding hydrogens is 267 g/mol. The van der Waals surface area contributed by atoms with Gasteiger partial charge < -0.3 is 20.6 Å². The zero-order valence-corrected chi connectivity index (χ0v) is 10.6. The zero-order valence-electron chi connectivity index (χ0n) is 10.6. The van der Waals surface area contributed by atoms with Gasteiger partial charge in [-0.25, -0.2) is 9.18 Å². The molecule has 6 nitrogen and oxygen atoms in total. The molecule has 0 radical (unpaired) electrons. The van der Waals surface area contributed by atoms with E-state index in [1.54, 1.807) is 6.07 Å². The Morgan fingerprint density at radius 2 is 2.40 bits per heavy atom. The highest BCUT2D eigenvalue weighted by Crippen LogP contribution is 2.63. The van der Waals surface area contributed by atoms with Crippen LogP contribution in [-0.4, -0.2) is 33.9 Å². The van der Waals surface area contributed by atoms with Crippen LogP contribution in [0.3, 0.4) is 0 Å². The Bertz CT molecular complexity index is 604. The topological polar surface area (TPSA) is 105 Å². The Balaban J connectivity index is 1.60. The molecule has 2 aliphatic rings. The Labute approximate surface area is 113 Å². The van der Waals surface area contributed by atoms with Crippen LogP contribution in [-0.2, 0) is 16.1 Å². The Kier molecular flexibility index (Phi) is 2.91. The van der Waals surface area contributed by atoms with E-state index in [9.17, 15) is 14.0 Å². The summed E-state index contributed by atoms with van der Waals surface area (Å²) in [5.41, 5.74) is 4.17. The number of nitrogens with two attached hydrogens (primary N) is 1. The summed E-state index contributed by atoms with van der Waals surface area (Å²) in [6, 6.07) is 2.50. The fourth-order valence-corrected chi connectivity index (χ4v) is 3.22. The molecule has 2 fully saturated rings. The lowest BCUT2D eigenvalue weighted by Crippen LogP contribution is -2.41. The lowest BCUT2D eigenvalue weighted by Gasteiger charge is -2.22. The summed E-state index contributed by atoms with van der Waals surface area (Å²) in [5.74, 6) is -2.65. The first-order valence-electron chi connectivity index (χ1n) is 6.41. The van der Waals surface area contributed by atoms with E-state index in [1.807, 2.05) is 0 Å². The maximum atomic E-state index is 14.0. The van der Waals surface area contributed by atoms with Crippen molar-refractivity contribution in [1.29, 1.82) is 0 Å². The molecule has 1 aromatic rings. The van der Waals surface area contributed by atoms with Crippen LogP contribution in [0.4, 0.5) is 4.39 Å². The minimum Gasteiger partial charge on any atom is -0.479 e. The number of aromatic nitrogens is 1. The van der Waals surface area contributed by atoms with E-state index in [-0.39, 0.29) is 18.3 Å². The average molecular weight is 282 g/mol. The predicted octanol–water partition coefficient (Wildman–Crippen LogP) is 0.0300. The number of H-pyrrole nitrogens is 1. The third-order valence-electron chi connectivity index (χ3n) is 4.31. The molecule has 0 bridgehead atoms. The number of rotatable bonds is 4. The number of fused-ring (bicyclic) bond motifs is 1. The van der Waals surface area contributed by atoms with Gasteiger partial charge in [-0.3, -0.25) is 4.79 Å². The third-order valence-corrected chi connectivity index (χ3v) is 4.31. The number of hydrogen-bond donors (Lipinski definition) is 3. The molecule has 0 aromatic carbocycles. The van der Waals surface area contributed by atoms with Crippen molar-refractivity contribution in [2.24, 2.45) is 17.6 Å². The van der Waals surface area contributed by atoms with Crippen LogP contribution < -0.4 is 11.3 Å². The number of pyridine rings is 1. The quantitative estimate of drug-likeness (QED) is 0.722. The molecule has 20 heavy (non-hydrogen) atoms. The molecule has 7 heteroatoms. The fourth-order valence-electron chi connectivity index (χ4n) is 3.22. The number of carbonyl (C=O) groups is 1. The normalized spacial score (nSPS) is 38.5. The van der Waals surface area contributed by atoms with E-state index in [4.69, 9.17) is 15.6 Å². The molecular formula is C13H15FN2O4. The Morgan fingerprint density at radius 1 is 1.65 bits per heavy atom. The first kappa shape index (κ1) is 13.3. The van der Waals surface area contributed by atoms with Gasteiger partial charge in [0.05, 0.1) is 12.7 Å². The van der Waals surface area contributed by atoms with Gasteiger partial charge in [-0.15, -0.1) is 0 Å².